The molecule has 0 radical (unpaired) electrons. The fraction of sp³-hybridized carbons (Fsp3) is 0.360. The van der Waals surface area contributed by atoms with E-state index in [4.69, 9.17) is 4.74 Å². The Kier molecular flexibility index (Phi) is 6.44. The van der Waals surface area contributed by atoms with Gasteiger partial charge in [0.2, 0.25) is 11.8 Å². The van der Waals surface area contributed by atoms with E-state index in [1.54, 1.807) is 60.5 Å². The number of benzene rings is 2. The number of amides is 4. The lowest BCUT2D eigenvalue weighted by Crippen LogP contribution is -2.50. The summed E-state index contributed by atoms with van der Waals surface area (Å²) in [5, 5.41) is 2.66. The fourth-order valence-corrected chi connectivity index (χ4v) is 4.63. The van der Waals surface area contributed by atoms with E-state index in [0.29, 0.717) is 22.7 Å². The smallest absolute Gasteiger partial charge is 0.257 e. The average molecular weight is 450 g/mol. The van der Waals surface area contributed by atoms with Gasteiger partial charge in [0.25, 0.3) is 11.8 Å². The van der Waals surface area contributed by atoms with Crippen molar-refractivity contribution in [1.82, 2.24) is 4.90 Å². The number of carbonyl (C=O) groups excluding carboxylic acids is 4. The van der Waals surface area contributed by atoms with Crippen LogP contribution in [0.5, 0.6) is 5.75 Å². The summed E-state index contributed by atoms with van der Waals surface area (Å²) in [5.41, 5.74) is 1.45. The predicted octanol–water partition coefficient (Wildman–Crippen LogP) is 3.37. The van der Waals surface area contributed by atoms with E-state index in [1.165, 1.54) is 6.92 Å². The van der Waals surface area contributed by atoms with Gasteiger partial charge in [-0.25, -0.2) is 4.90 Å². The Morgan fingerprint density at radius 2 is 1.64 bits per heavy atom. The minimum Gasteiger partial charge on any atom is -0.497 e. The van der Waals surface area contributed by atoms with Crippen LogP contribution in [0.15, 0.2) is 48.5 Å². The number of imide groups is 1. The second-order valence-corrected chi connectivity index (χ2v) is 8.39. The maximum atomic E-state index is 13.5. The van der Waals surface area contributed by atoms with E-state index in [-0.39, 0.29) is 30.2 Å². The van der Waals surface area contributed by atoms with Crippen molar-refractivity contribution in [3.63, 3.8) is 0 Å². The zero-order valence-electron chi connectivity index (χ0n) is 18.7. The minimum absolute atomic E-state index is 0.0509. The van der Waals surface area contributed by atoms with Gasteiger partial charge in [0.05, 0.1) is 19.2 Å². The van der Waals surface area contributed by atoms with Crippen molar-refractivity contribution in [2.24, 2.45) is 0 Å². The van der Waals surface area contributed by atoms with Gasteiger partial charge in [-0.05, 0) is 61.4 Å². The molecule has 1 saturated heterocycles. The van der Waals surface area contributed by atoms with Crippen LogP contribution >= 0.6 is 0 Å². The first kappa shape index (κ1) is 22.5. The highest BCUT2D eigenvalue weighted by atomic mass is 16.5. The van der Waals surface area contributed by atoms with E-state index < -0.39 is 11.9 Å². The molecule has 2 aromatic rings. The molecule has 8 heteroatoms. The highest BCUT2D eigenvalue weighted by Gasteiger charge is 2.47. The number of rotatable bonds is 6. The lowest BCUT2D eigenvalue weighted by molar-refractivity contribution is -0.123. The number of hydrogen-bond acceptors (Lipinski definition) is 5. The summed E-state index contributed by atoms with van der Waals surface area (Å²) in [7, 11) is 1.56. The molecular weight excluding hydrogens is 422 g/mol. The van der Waals surface area contributed by atoms with Crippen molar-refractivity contribution in [3.05, 3.63) is 54.1 Å². The van der Waals surface area contributed by atoms with Crippen molar-refractivity contribution in [3.8, 4) is 5.75 Å². The van der Waals surface area contributed by atoms with Crippen LogP contribution in [0, 0.1) is 0 Å². The monoisotopic (exact) mass is 449 g/mol. The van der Waals surface area contributed by atoms with Gasteiger partial charge in [-0.1, -0.05) is 12.8 Å². The normalized spacial score (nSPS) is 18.5. The molecular formula is C25H27N3O5. The number of nitrogens with one attached hydrogen (secondary N) is 1. The Bertz CT molecular complexity index is 1060. The zero-order valence-corrected chi connectivity index (χ0v) is 18.7. The molecule has 1 unspecified atom stereocenters. The van der Waals surface area contributed by atoms with Crippen molar-refractivity contribution in [2.45, 2.75) is 51.1 Å². The molecule has 2 aromatic carbocycles. The molecule has 172 valence electrons. The van der Waals surface area contributed by atoms with Crippen LogP contribution in [0.1, 0.15) is 49.4 Å². The lowest BCUT2D eigenvalue weighted by Gasteiger charge is -2.33. The molecule has 1 aliphatic carbocycles. The van der Waals surface area contributed by atoms with E-state index in [1.807, 2.05) is 0 Å². The second kappa shape index (κ2) is 9.44. The van der Waals surface area contributed by atoms with Gasteiger partial charge >= 0.3 is 0 Å². The van der Waals surface area contributed by atoms with Crippen LogP contribution in [0.2, 0.25) is 0 Å². The third kappa shape index (κ3) is 4.60. The van der Waals surface area contributed by atoms with E-state index in [9.17, 15) is 19.2 Å². The van der Waals surface area contributed by atoms with Gasteiger partial charge in [-0.15, -0.1) is 0 Å². The first-order chi connectivity index (χ1) is 15.9. The standard InChI is InChI=1S/C25H27N3O5/c1-16(29)26-18-9-11-20(12-10-18)28-23(30)15-22(25(28)32)27(19-5-3-4-6-19)24(31)17-7-13-21(33-2)14-8-17/h7-14,19,22H,3-6,15H2,1-2H3,(H,26,29). The topological polar surface area (TPSA) is 96.0 Å². The average Bonchev–Trinajstić information content (AvgIpc) is 3.43. The van der Waals surface area contributed by atoms with Crippen molar-refractivity contribution >= 4 is 35.0 Å². The van der Waals surface area contributed by atoms with Gasteiger partial charge < -0.3 is 15.0 Å². The predicted molar refractivity (Wildman–Crippen MR) is 123 cm³/mol. The summed E-state index contributed by atoms with van der Waals surface area (Å²) in [6.07, 6.45) is 3.54. The molecule has 2 aliphatic rings. The summed E-state index contributed by atoms with van der Waals surface area (Å²) in [6.45, 7) is 1.41. The van der Waals surface area contributed by atoms with Gasteiger partial charge in [0.1, 0.15) is 11.8 Å². The highest BCUT2D eigenvalue weighted by Crippen LogP contribution is 2.33. The third-order valence-corrected chi connectivity index (χ3v) is 6.19. The number of anilines is 2. The van der Waals surface area contributed by atoms with Gasteiger partial charge in [0.15, 0.2) is 0 Å². The number of carbonyl (C=O) groups is 4. The molecule has 0 spiro atoms. The molecule has 2 fully saturated rings. The number of hydrogen-bond donors (Lipinski definition) is 1. The first-order valence-electron chi connectivity index (χ1n) is 11.1. The summed E-state index contributed by atoms with van der Waals surface area (Å²) in [6, 6.07) is 12.4. The Labute approximate surface area is 192 Å². The zero-order chi connectivity index (χ0) is 23.5. The molecule has 4 amide bonds. The van der Waals surface area contributed by atoms with Crippen LogP contribution in [0.3, 0.4) is 0 Å². The lowest BCUT2D eigenvalue weighted by atomic mass is 10.1. The molecule has 1 saturated carbocycles. The van der Waals surface area contributed by atoms with Crippen LogP contribution in [0.4, 0.5) is 11.4 Å². The number of nitrogens with zero attached hydrogens (tertiary/aromatic N) is 2. The maximum Gasteiger partial charge on any atom is 0.257 e. The van der Waals surface area contributed by atoms with Gasteiger partial charge in [0, 0.05) is 24.2 Å². The van der Waals surface area contributed by atoms with Crippen LogP contribution in [-0.2, 0) is 14.4 Å². The Morgan fingerprint density at radius 3 is 2.21 bits per heavy atom. The van der Waals surface area contributed by atoms with Crippen molar-refractivity contribution in [1.29, 1.82) is 0 Å². The summed E-state index contributed by atoms with van der Waals surface area (Å²) in [5.74, 6) is -0.567. The third-order valence-electron chi connectivity index (χ3n) is 6.19. The van der Waals surface area contributed by atoms with Gasteiger partial charge in [-0.3, -0.25) is 19.2 Å². The molecule has 1 aliphatic heterocycles. The molecule has 1 atom stereocenters. The van der Waals surface area contributed by atoms with Gasteiger partial charge in [-0.2, -0.15) is 0 Å². The quantitative estimate of drug-likeness (QED) is 0.682. The molecule has 8 nitrogen and oxygen atoms in total. The minimum atomic E-state index is -0.842. The van der Waals surface area contributed by atoms with E-state index in [0.717, 1.165) is 30.6 Å². The summed E-state index contributed by atoms with van der Waals surface area (Å²) in [4.78, 5) is 53.9. The Morgan fingerprint density at radius 1 is 1.00 bits per heavy atom. The number of methoxy groups -OCH3 is 1. The summed E-state index contributed by atoms with van der Waals surface area (Å²) < 4.78 is 5.18. The van der Waals surface area contributed by atoms with Crippen molar-refractivity contribution in [2.75, 3.05) is 17.3 Å². The van der Waals surface area contributed by atoms with Crippen LogP contribution in [-0.4, -0.2) is 47.7 Å². The largest absolute Gasteiger partial charge is 0.497 e. The first-order valence-corrected chi connectivity index (χ1v) is 11.1. The van der Waals surface area contributed by atoms with E-state index >= 15 is 0 Å². The molecule has 33 heavy (non-hydrogen) atoms. The Hall–Kier alpha value is -3.68. The summed E-state index contributed by atoms with van der Waals surface area (Å²) >= 11 is 0. The highest BCUT2D eigenvalue weighted by molar-refractivity contribution is 6.23. The molecule has 1 heterocycles. The molecule has 1 N–H and O–H groups in total. The SMILES string of the molecule is COc1ccc(C(=O)N(C2CCCC2)C2CC(=O)N(c3ccc(NC(C)=O)cc3)C2=O)cc1. The second-order valence-electron chi connectivity index (χ2n) is 8.39. The maximum absolute atomic E-state index is 13.5. The molecule has 0 bridgehead atoms. The molecule has 4 rings (SSSR count). The van der Waals surface area contributed by atoms with Crippen LogP contribution < -0.4 is 15.0 Å². The van der Waals surface area contributed by atoms with Crippen molar-refractivity contribution < 1.29 is 23.9 Å². The van der Waals surface area contributed by atoms with Crippen LogP contribution in [0.25, 0.3) is 0 Å². The fourth-order valence-electron chi connectivity index (χ4n) is 4.63. The van der Waals surface area contributed by atoms with E-state index in [2.05, 4.69) is 5.32 Å². The number of ether oxygens (including phenoxy) is 1. The Balaban J connectivity index is 1.61. The molecule has 0 aromatic heterocycles.